The molecule has 0 aliphatic heterocycles. The highest BCUT2D eigenvalue weighted by molar-refractivity contribution is 6.33. The second-order valence-corrected chi connectivity index (χ2v) is 5.08. The van der Waals surface area contributed by atoms with Crippen molar-refractivity contribution >= 4 is 23.1 Å². The zero-order valence-corrected chi connectivity index (χ0v) is 12.4. The normalized spacial score (nSPS) is 10.5. The molecule has 0 bridgehead atoms. The highest BCUT2D eigenvalue weighted by Gasteiger charge is 2.15. The van der Waals surface area contributed by atoms with E-state index in [2.05, 4.69) is 15.0 Å². The zero-order chi connectivity index (χ0) is 16.4. The van der Waals surface area contributed by atoms with Crippen LogP contribution in [0.25, 0.3) is 22.4 Å². The Kier molecular flexibility index (Phi) is 3.86. The summed E-state index contributed by atoms with van der Waals surface area (Å²) in [5.41, 5.74) is 8.02. The SMILES string of the molecule is Nc1ncc([N+](=O)[O-])cc1-c1cc(-c2cccnc2)ncc1Cl. The summed E-state index contributed by atoms with van der Waals surface area (Å²) >= 11 is 6.19. The van der Waals surface area contributed by atoms with E-state index in [1.807, 2.05) is 6.07 Å². The molecule has 0 atom stereocenters. The fraction of sp³-hybridized carbons (Fsp3) is 0. The fourth-order valence-electron chi connectivity index (χ4n) is 2.10. The molecule has 0 fully saturated rings. The van der Waals surface area contributed by atoms with Crippen LogP contribution in [0.15, 0.2) is 49.1 Å². The van der Waals surface area contributed by atoms with Crippen LogP contribution in [-0.4, -0.2) is 19.9 Å². The molecule has 2 N–H and O–H groups in total. The Balaban J connectivity index is 2.17. The predicted octanol–water partition coefficient (Wildman–Crippen LogP) is 3.35. The summed E-state index contributed by atoms with van der Waals surface area (Å²) in [5, 5.41) is 11.3. The van der Waals surface area contributed by atoms with E-state index >= 15 is 0 Å². The molecule has 3 aromatic heterocycles. The Morgan fingerprint density at radius 1 is 1.13 bits per heavy atom. The Hall–Kier alpha value is -3.06. The van der Waals surface area contributed by atoms with E-state index in [0.29, 0.717) is 21.8 Å². The van der Waals surface area contributed by atoms with Gasteiger partial charge >= 0.3 is 0 Å². The Labute approximate surface area is 136 Å². The van der Waals surface area contributed by atoms with E-state index < -0.39 is 4.92 Å². The van der Waals surface area contributed by atoms with E-state index in [4.69, 9.17) is 17.3 Å². The molecule has 0 unspecified atom stereocenters. The van der Waals surface area contributed by atoms with Crippen molar-refractivity contribution in [2.45, 2.75) is 0 Å². The zero-order valence-electron chi connectivity index (χ0n) is 11.7. The first-order chi connectivity index (χ1) is 11.1. The standard InChI is InChI=1S/C15H10ClN5O2/c16-13-8-19-14(9-2-1-3-18-6-9)5-11(13)12-4-10(21(22)23)7-20-15(12)17/h1-8H,(H2,17,20). The van der Waals surface area contributed by atoms with Crippen LogP contribution in [0.2, 0.25) is 5.02 Å². The van der Waals surface area contributed by atoms with E-state index in [0.717, 1.165) is 11.8 Å². The van der Waals surface area contributed by atoms with E-state index in [-0.39, 0.29) is 11.5 Å². The van der Waals surface area contributed by atoms with Gasteiger partial charge in [0.2, 0.25) is 0 Å². The lowest BCUT2D eigenvalue weighted by Crippen LogP contribution is -1.98. The van der Waals surface area contributed by atoms with Gasteiger partial charge in [-0.25, -0.2) is 4.98 Å². The van der Waals surface area contributed by atoms with E-state index in [1.165, 1.54) is 12.3 Å². The molecule has 0 aliphatic carbocycles. The van der Waals surface area contributed by atoms with Gasteiger partial charge in [-0.3, -0.25) is 20.1 Å². The van der Waals surface area contributed by atoms with Gasteiger partial charge in [-0.15, -0.1) is 0 Å². The average molecular weight is 328 g/mol. The smallest absolute Gasteiger partial charge is 0.288 e. The third-order valence-corrected chi connectivity index (χ3v) is 3.52. The number of nitrogen functional groups attached to an aromatic ring is 1. The minimum Gasteiger partial charge on any atom is -0.383 e. The largest absolute Gasteiger partial charge is 0.383 e. The number of rotatable bonds is 3. The first-order valence-corrected chi connectivity index (χ1v) is 6.90. The third kappa shape index (κ3) is 2.95. The first kappa shape index (κ1) is 14.9. The molecule has 0 aliphatic rings. The maximum Gasteiger partial charge on any atom is 0.288 e. The first-order valence-electron chi connectivity index (χ1n) is 6.52. The van der Waals surface area contributed by atoms with Gasteiger partial charge in [-0.05, 0) is 18.2 Å². The van der Waals surface area contributed by atoms with Crippen LogP contribution < -0.4 is 5.73 Å². The quantitative estimate of drug-likeness (QED) is 0.583. The number of nitrogens with two attached hydrogens (primary N) is 1. The van der Waals surface area contributed by atoms with Gasteiger partial charge in [0, 0.05) is 41.3 Å². The van der Waals surface area contributed by atoms with Gasteiger partial charge in [-0.1, -0.05) is 11.6 Å². The number of halogens is 1. The lowest BCUT2D eigenvalue weighted by Gasteiger charge is -2.09. The lowest BCUT2D eigenvalue weighted by molar-refractivity contribution is -0.385. The van der Waals surface area contributed by atoms with Crippen LogP contribution in [0.3, 0.4) is 0 Å². The molecule has 3 rings (SSSR count). The highest BCUT2D eigenvalue weighted by atomic mass is 35.5. The number of anilines is 1. The van der Waals surface area contributed by atoms with Crippen LogP contribution in [0.1, 0.15) is 0 Å². The van der Waals surface area contributed by atoms with Gasteiger partial charge < -0.3 is 5.73 Å². The lowest BCUT2D eigenvalue weighted by atomic mass is 10.0. The fourth-order valence-corrected chi connectivity index (χ4v) is 2.30. The minimum absolute atomic E-state index is 0.154. The van der Waals surface area contributed by atoms with Gasteiger partial charge in [0.1, 0.15) is 12.0 Å². The van der Waals surface area contributed by atoms with Gasteiger partial charge in [-0.2, -0.15) is 0 Å². The van der Waals surface area contributed by atoms with Crippen molar-refractivity contribution in [3.63, 3.8) is 0 Å². The highest BCUT2D eigenvalue weighted by Crippen LogP contribution is 2.35. The molecule has 3 aromatic rings. The molecular formula is C15H10ClN5O2. The van der Waals surface area contributed by atoms with Crippen molar-refractivity contribution in [1.82, 2.24) is 15.0 Å². The number of aromatic nitrogens is 3. The summed E-state index contributed by atoms with van der Waals surface area (Å²) in [6, 6.07) is 6.68. The molecule has 0 radical (unpaired) electrons. The molecule has 23 heavy (non-hydrogen) atoms. The third-order valence-electron chi connectivity index (χ3n) is 3.22. The van der Waals surface area contributed by atoms with Crippen molar-refractivity contribution in [2.24, 2.45) is 0 Å². The Morgan fingerprint density at radius 2 is 1.96 bits per heavy atom. The van der Waals surface area contributed by atoms with E-state index in [9.17, 15) is 10.1 Å². The van der Waals surface area contributed by atoms with Crippen LogP contribution in [0, 0.1) is 10.1 Å². The van der Waals surface area contributed by atoms with Crippen LogP contribution >= 0.6 is 11.6 Å². The molecule has 3 heterocycles. The number of nitro groups is 1. The van der Waals surface area contributed by atoms with Gasteiger partial charge in [0.05, 0.1) is 15.6 Å². The summed E-state index contributed by atoms with van der Waals surface area (Å²) in [7, 11) is 0. The number of hydrogen-bond donors (Lipinski definition) is 1. The Bertz CT molecular complexity index is 886. The van der Waals surface area contributed by atoms with Crippen LogP contribution in [0.4, 0.5) is 11.5 Å². The summed E-state index contributed by atoms with van der Waals surface area (Å²) in [5.74, 6) is 0.154. The number of nitrogens with zero attached hydrogens (tertiary/aromatic N) is 4. The van der Waals surface area contributed by atoms with Crippen LogP contribution in [-0.2, 0) is 0 Å². The van der Waals surface area contributed by atoms with Crippen molar-refractivity contribution in [2.75, 3.05) is 5.73 Å². The molecule has 0 aromatic carbocycles. The molecule has 0 amide bonds. The van der Waals surface area contributed by atoms with Crippen LogP contribution in [0.5, 0.6) is 0 Å². The average Bonchev–Trinajstić information content (AvgIpc) is 2.56. The molecule has 0 spiro atoms. The summed E-state index contributed by atoms with van der Waals surface area (Å²) < 4.78 is 0. The second kappa shape index (κ2) is 5.98. The van der Waals surface area contributed by atoms with Gasteiger partial charge in [0.25, 0.3) is 5.69 Å². The predicted molar refractivity (Wildman–Crippen MR) is 86.8 cm³/mol. The summed E-state index contributed by atoms with van der Waals surface area (Å²) in [6.45, 7) is 0. The summed E-state index contributed by atoms with van der Waals surface area (Å²) in [4.78, 5) is 22.6. The second-order valence-electron chi connectivity index (χ2n) is 4.67. The topological polar surface area (TPSA) is 108 Å². The molecule has 0 saturated heterocycles. The maximum absolute atomic E-state index is 10.9. The Morgan fingerprint density at radius 3 is 2.65 bits per heavy atom. The molecular weight excluding hydrogens is 318 g/mol. The minimum atomic E-state index is -0.535. The van der Waals surface area contributed by atoms with Crippen molar-refractivity contribution in [3.8, 4) is 22.4 Å². The van der Waals surface area contributed by atoms with E-state index in [1.54, 1.807) is 24.5 Å². The molecule has 0 saturated carbocycles. The number of hydrogen-bond acceptors (Lipinski definition) is 6. The summed E-state index contributed by atoms with van der Waals surface area (Å²) in [6.07, 6.45) is 5.89. The van der Waals surface area contributed by atoms with Crippen molar-refractivity contribution in [1.29, 1.82) is 0 Å². The number of pyridine rings is 3. The monoisotopic (exact) mass is 327 g/mol. The molecule has 8 heteroatoms. The van der Waals surface area contributed by atoms with Gasteiger partial charge in [0.15, 0.2) is 0 Å². The maximum atomic E-state index is 10.9. The molecule has 7 nitrogen and oxygen atoms in total. The van der Waals surface area contributed by atoms with Crippen molar-refractivity contribution < 1.29 is 4.92 Å². The molecule has 114 valence electrons. The van der Waals surface area contributed by atoms with Crippen molar-refractivity contribution in [3.05, 3.63) is 64.2 Å².